The zero-order chi connectivity index (χ0) is 40.0. The smallest absolute Gasteiger partial charge is 0.290 e. The molecule has 1 heterocycles. The standard InChI is InChI=1S/C41H59N7O6/c1-10-11-22-29(34(50)37(52)42-23-30(49)46-32(38(53)47(8)9)26-18-14-12-15-19-26)45-36(51)33-31-28(41(31,6)7)24-48(33)39(54)35(40(3,4)5)44-25(2)43-27-20-16-13-17-21-27/h12-21,25,28-29,31-33,35,43-44H,10-11,22-24H2,1-9H3,(H,42,52)(H,45,51)(H,46,49)/t25-,28?,29?,31?,32?,33?,35?/m1/s1. The molecule has 1 aliphatic heterocycles. The Morgan fingerprint density at radius 3 is 2.11 bits per heavy atom. The van der Waals surface area contributed by atoms with Crippen molar-refractivity contribution in [1.29, 1.82) is 0 Å². The zero-order valence-corrected chi connectivity index (χ0v) is 33.2. The van der Waals surface area contributed by atoms with E-state index in [1.54, 1.807) is 49.3 Å². The molecule has 1 aliphatic carbocycles. The van der Waals surface area contributed by atoms with Gasteiger partial charge in [-0.3, -0.25) is 34.1 Å². The number of carbonyl (C=O) groups excluding carboxylic acids is 6. The second-order valence-electron chi connectivity index (χ2n) is 16.5. The molecular weight excluding hydrogens is 686 g/mol. The van der Waals surface area contributed by atoms with Crippen molar-refractivity contribution in [2.45, 2.75) is 98.1 Å². The number of Topliss-reactive ketones (excluding diaryl/α,β-unsaturated/α-hetero) is 1. The van der Waals surface area contributed by atoms with Crippen molar-refractivity contribution in [1.82, 2.24) is 31.1 Å². The number of likely N-dealkylation sites (tertiary alicyclic amines) is 1. The number of ketones is 1. The summed E-state index contributed by atoms with van der Waals surface area (Å²) in [6, 6.07) is 14.8. The molecule has 54 heavy (non-hydrogen) atoms. The van der Waals surface area contributed by atoms with Crippen LogP contribution in [0, 0.1) is 22.7 Å². The van der Waals surface area contributed by atoms with Gasteiger partial charge in [0.05, 0.1) is 24.8 Å². The number of unbranched alkanes of at least 4 members (excludes halogenated alkanes) is 1. The third kappa shape index (κ3) is 10.0. The van der Waals surface area contributed by atoms with E-state index in [0.29, 0.717) is 24.9 Å². The summed E-state index contributed by atoms with van der Waals surface area (Å²) in [6.45, 7) is 13.9. The van der Waals surface area contributed by atoms with Crippen LogP contribution in [0.5, 0.6) is 0 Å². The highest BCUT2D eigenvalue weighted by molar-refractivity contribution is 6.38. The molecule has 4 rings (SSSR count). The molecule has 13 heteroatoms. The SMILES string of the molecule is CCCCC(NC(=O)C1C2C(CN1C(=O)C(N[C@H](C)Nc1ccccc1)C(C)(C)C)C2(C)C)C(=O)C(=O)NCC(=O)NC(C(=O)N(C)C)c1ccccc1. The lowest BCUT2D eigenvalue weighted by atomic mass is 9.85. The fraction of sp³-hybridized carbons (Fsp3) is 0.561. The summed E-state index contributed by atoms with van der Waals surface area (Å²) in [5, 5.41) is 14.7. The molecule has 0 bridgehead atoms. The van der Waals surface area contributed by atoms with Crippen LogP contribution in [0.2, 0.25) is 0 Å². The Balaban J connectivity index is 1.46. The summed E-state index contributed by atoms with van der Waals surface area (Å²) in [5.41, 5.74) is 0.794. The van der Waals surface area contributed by atoms with Gasteiger partial charge in [-0.1, -0.05) is 103 Å². The van der Waals surface area contributed by atoms with Crippen molar-refractivity contribution in [3.8, 4) is 0 Å². The number of carbonyl (C=O) groups is 6. The minimum atomic E-state index is -1.16. The average Bonchev–Trinajstić information content (AvgIpc) is 3.43. The van der Waals surface area contributed by atoms with E-state index < -0.39 is 59.6 Å². The summed E-state index contributed by atoms with van der Waals surface area (Å²) < 4.78 is 0. The Hall–Kier alpha value is -4.78. The number of likely N-dealkylation sites (N-methyl/N-ethyl adjacent to an activating group) is 1. The fourth-order valence-corrected chi connectivity index (χ4v) is 7.49. The van der Waals surface area contributed by atoms with Crippen molar-refractivity contribution in [2.24, 2.45) is 22.7 Å². The number of rotatable bonds is 17. The maximum atomic E-state index is 14.4. The minimum absolute atomic E-state index is 0.108. The number of hydrogen-bond acceptors (Lipinski definition) is 8. The van der Waals surface area contributed by atoms with Crippen molar-refractivity contribution in [3.63, 3.8) is 0 Å². The van der Waals surface area contributed by atoms with E-state index in [4.69, 9.17) is 0 Å². The van der Waals surface area contributed by atoms with Crippen molar-refractivity contribution < 1.29 is 28.8 Å². The molecule has 2 fully saturated rings. The normalized spacial score (nSPS) is 20.7. The number of hydrogen-bond donors (Lipinski definition) is 5. The third-order valence-corrected chi connectivity index (χ3v) is 10.7. The van der Waals surface area contributed by atoms with E-state index in [2.05, 4.69) is 40.4 Å². The molecule has 0 radical (unpaired) electrons. The fourth-order valence-electron chi connectivity index (χ4n) is 7.49. The number of anilines is 1. The van der Waals surface area contributed by atoms with Gasteiger partial charge in [-0.05, 0) is 53.7 Å². The number of nitrogens with zero attached hydrogens (tertiary/aromatic N) is 2. The van der Waals surface area contributed by atoms with E-state index in [1.165, 1.54) is 4.90 Å². The lowest BCUT2D eigenvalue weighted by Gasteiger charge is -2.39. The van der Waals surface area contributed by atoms with Crippen molar-refractivity contribution in [3.05, 3.63) is 66.2 Å². The first kappa shape index (κ1) is 42.0. The molecule has 2 aliphatic rings. The Bertz CT molecular complexity index is 1660. The zero-order valence-electron chi connectivity index (χ0n) is 33.2. The number of amides is 5. The van der Waals surface area contributed by atoms with Crippen molar-refractivity contribution in [2.75, 3.05) is 32.5 Å². The summed E-state index contributed by atoms with van der Waals surface area (Å²) >= 11 is 0. The predicted octanol–water partition coefficient (Wildman–Crippen LogP) is 3.24. The van der Waals surface area contributed by atoms with Crippen LogP contribution < -0.4 is 26.6 Å². The van der Waals surface area contributed by atoms with E-state index >= 15 is 0 Å². The Morgan fingerprint density at radius 2 is 1.54 bits per heavy atom. The summed E-state index contributed by atoms with van der Waals surface area (Å²) in [6.07, 6.45) is 1.21. The molecule has 13 nitrogen and oxygen atoms in total. The highest BCUT2D eigenvalue weighted by atomic mass is 16.2. The molecule has 2 aromatic rings. The molecule has 7 atom stereocenters. The number of fused-ring (bicyclic) bond motifs is 1. The Labute approximate surface area is 319 Å². The number of para-hydroxylation sites is 1. The first-order chi connectivity index (χ1) is 25.4. The monoisotopic (exact) mass is 745 g/mol. The maximum Gasteiger partial charge on any atom is 0.290 e. The molecule has 5 N–H and O–H groups in total. The van der Waals surface area contributed by atoms with Gasteiger partial charge in [0.1, 0.15) is 12.1 Å². The Morgan fingerprint density at radius 1 is 0.926 bits per heavy atom. The second kappa shape index (κ2) is 17.6. The van der Waals surface area contributed by atoms with Crippen LogP contribution >= 0.6 is 0 Å². The second-order valence-corrected chi connectivity index (χ2v) is 16.5. The molecule has 0 aromatic heterocycles. The molecule has 1 saturated heterocycles. The molecular formula is C41H59N7O6. The van der Waals surface area contributed by atoms with Gasteiger partial charge in [0.2, 0.25) is 29.4 Å². The van der Waals surface area contributed by atoms with E-state index in [1.807, 2.05) is 65.0 Å². The lowest BCUT2D eigenvalue weighted by Crippen LogP contribution is -2.61. The number of nitrogens with one attached hydrogen (secondary N) is 5. The van der Waals surface area contributed by atoms with E-state index in [0.717, 1.165) is 5.69 Å². The van der Waals surface area contributed by atoms with Gasteiger partial charge in [-0.15, -0.1) is 0 Å². The lowest BCUT2D eigenvalue weighted by molar-refractivity contribution is -0.145. The van der Waals surface area contributed by atoms with E-state index in [9.17, 15) is 28.8 Å². The van der Waals surface area contributed by atoms with Gasteiger partial charge < -0.3 is 31.1 Å². The molecule has 294 valence electrons. The van der Waals surface area contributed by atoms with Gasteiger partial charge in [0.15, 0.2) is 0 Å². The largest absolute Gasteiger partial charge is 0.370 e. The van der Waals surface area contributed by atoms with Gasteiger partial charge in [-0.25, -0.2) is 0 Å². The third-order valence-electron chi connectivity index (χ3n) is 10.7. The predicted molar refractivity (Wildman–Crippen MR) is 208 cm³/mol. The average molecular weight is 746 g/mol. The first-order valence-corrected chi connectivity index (χ1v) is 18.9. The molecule has 1 saturated carbocycles. The highest BCUT2D eigenvalue weighted by Crippen LogP contribution is 2.65. The summed E-state index contributed by atoms with van der Waals surface area (Å²) in [5.74, 6) is -3.60. The van der Waals surface area contributed by atoms with Crippen LogP contribution in [0.3, 0.4) is 0 Å². The van der Waals surface area contributed by atoms with Crippen LogP contribution in [0.25, 0.3) is 0 Å². The maximum absolute atomic E-state index is 14.4. The van der Waals surface area contributed by atoms with Crippen LogP contribution in [-0.2, 0) is 28.8 Å². The van der Waals surface area contributed by atoms with Gasteiger partial charge in [-0.2, -0.15) is 0 Å². The van der Waals surface area contributed by atoms with Crippen molar-refractivity contribution >= 4 is 41.0 Å². The van der Waals surface area contributed by atoms with Crippen LogP contribution in [0.4, 0.5) is 5.69 Å². The summed E-state index contributed by atoms with van der Waals surface area (Å²) in [7, 11) is 3.15. The van der Waals surface area contributed by atoms with E-state index in [-0.39, 0.29) is 41.7 Å². The quantitative estimate of drug-likeness (QED) is 0.122. The van der Waals surface area contributed by atoms with Gasteiger partial charge in [0, 0.05) is 26.3 Å². The number of benzene rings is 2. The minimum Gasteiger partial charge on any atom is -0.370 e. The summed E-state index contributed by atoms with van der Waals surface area (Å²) in [4.78, 5) is 84.2. The molecule has 0 spiro atoms. The molecule has 2 aromatic carbocycles. The van der Waals surface area contributed by atoms with Crippen LogP contribution in [0.15, 0.2) is 60.7 Å². The molecule has 6 unspecified atom stereocenters. The van der Waals surface area contributed by atoms with Crippen LogP contribution in [-0.4, -0.2) is 96.6 Å². The molecule has 5 amide bonds. The first-order valence-electron chi connectivity index (χ1n) is 18.9. The highest BCUT2D eigenvalue weighted by Gasteiger charge is 2.69. The topological polar surface area (TPSA) is 169 Å². The van der Waals surface area contributed by atoms with Crippen LogP contribution in [0.1, 0.15) is 79.3 Å². The number of piperidine rings is 1. The van der Waals surface area contributed by atoms with Gasteiger partial charge in [0.25, 0.3) is 5.91 Å². The van der Waals surface area contributed by atoms with Gasteiger partial charge >= 0.3 is 0 Å². The Kier molecular flexibility index (Phi) is 13.7.